The van der Waals surface area contributed by atoms with Gasteiger partial charge in [0.15, 0.2) is 5.58 Å². The standard InChI is InChI=1S/C14H16N4O3/c1-3-5-15-13(19)8-17-14(20)11-7-12-10(4-6-21-12)18(11)9(2)16-17/h4,6-7H,3,5,8H2,1-2H3,(H,15,19). The van der Waals surface area contributed by atoms with Crippen LogP contribution in [0.4, 0.5) is 0 Å². The van der Waals surface area contributed by atoms with Crippen molar-refractivity contribution < 1.29 is 9.21 Å². The Balaban J connectivity index is 2.06. The second-order valence-corrected chi connectivity index (χ2v) is 4.90. The van der Waals surface area contributed by atoms with Gasteiger partial charge in [-0.3, -0.25) is 14.0 Å². The van der Waals surface area contributed by atoms with E-state index in [0.29, 0.717) is 23.5 Å². The van der Waals surface area contributed by atoms with Gasteiger partial charge >= 0.3 is 0 Å². The fourth-order valence-corrected chi connectivity index (χ4v) is 2.39. The number of rotatable bonds is 4. The van der Waals surface area contributed by atoms with Gasteiger partial charge in [-0.05, 0) is 13.3 Å². The molecule has 0 bridgehead atoms. The molecule has 0 aromatic carbocycles. The highest BCUT2D eigenvalue weighted by Crippen LogP contribution is 2.19. The zero-order chi connectivity index (χ0) is 15.0. The van der Waals surface area contributed by atoms with Gasteiger partial charge < -0.3 is 9.73 Å². The zero-order valence-corrected chi connectivity index (χ0v) is 11.9. The Hall–Kier alpha value is -2.57. The lowest BCUT2D eigenvalue weighted by Gasteiger charge is -2.08. The smallest absolute Gasteiger partial charge is 0.291 e. The molecule has 110 valence electrons. The molecule has 0 aliphatic heterocycles. The summed E-state index contributed by atoms with van der Waals surface area (Å²) < 4.78 is 8.24. The molecule has 3 aromatic heterocycles. The molecular formula is C14H16N4O3. The zero-order valence-electron chi connectivity index (χ0n) is 11.9. The van der Waals surface area contributed by atoms with E-state index in [0.717, 1.165) is 11.9 Å². The van der Waals surface area contributed by atoms with Crippen molar-refractivity contribution in [3.63, 3.8) is 0 Å². The largest absolute Gasteiger partial charge is 0.463 e. The molecule has 0 atom stereocenters. The number of carbonyl (C=O) groups excluding carboxylic acids is 1. The van der Waals surface area contributed by atoms with Gasteiger partial charge in [-0.2, -0.15) is 5.10 Å². The number of amides is 1. The van der Waals surface area contributed by atoms with Crippen molar-refractivity contribution in [1.82, 2.24) is 19.5 Å². The van der Waals surface area contributed by atoms with Crippen molar-refractivity contribution in [3.8, 4) is 0 Å². The van der Waals surface area contributed by atoms with E-state index < -0.39 is 0 Å². The number of fused-ring (bicyclic) bond motifs is 3. The number of aryl methyl sites for hydroxylation is 1. The first kappa shape index (κ1) is 13.4. The van der Waals surface area contributed by atoms with Crippen molar-refractivity contribution in [2.24, 2.45) is 0 Å². The Kier molecular flexibility index (Phi) is 3.25. The Morgan fingerprint density at radius 1 is 1.43 bits per heavy atom. The van der Waals surface area contributed by atoms with Gasteiger partial charge in [-0.15, -0.1) is 0 Å². The van der Waals surface area contributed by atoms with E-state index in [1.54, 1.807) is 29.7 Å². The Bertz CT molecular complexity index is 871. The lowest BCUT2D eigenvalue weighted by Crippen LogP contribution is -2.35. The monoisotopic (exact) mass is 288 g/mol. The minimum atomic E-state index is -0.307. The van der Waals surface area contributed by atoms with E-state index in [4.69, 9.17) is 4.42 Å². The number of nitrogens with one attached hydrogen (secondary N) is 1. The highest BCUT2D eigenvalue weighted by molar-refractivity contribution is 5.82. The van der Waals surface area contributed by atoms with Crippen LogP contribution in [0.25, 0.3) is 16.6 Å². The van der Waals surface area contributed by atoms with E-state index in [2.05, 4.69) is 10.4 Å². The van der Waals surface area contributed by atoms with Gasteiger partial charge in [-0.25, -0.2) is 4.68 Å². The van der Waals surface area contributed by atoms with E-state index in [1.165, 1.54) is 4.68 Å². The van der Waals surface area contributed by atoms with Crippen LogP contribution in [0.2, 0.25) is 0 Å². The first-order valence-electron chi connectivity index (χ1n) is 6.85. The van der Waals surface area contributed by atoms with Crippen LogP contribution in [0.15, 0.2) is 27.6 Å². The van der Waals surface area contributed by atoms with Gasteiger partial charge in [0.2, 0.25) is 5.91 Å². The summed E-state index contributed by atoms with van der Waals surface area (Å²) in [6.45, 7) is 4.27. The van der Waals surface area contributed by atoms with Crippen LogP contribution in [-0.2, 0) is 11.3 Å². The Labute approximate surface area is 120 Å². The molecule has 7 nitrogen and oxygen atoms in total. The molecule has 3 heterocycles. The third kappa shape index (κ3) is 2.20. The molecule has 21 heavy (non-hydrogen) atoms. The van der Waals surface area contributed by atoms with Crippen LogP contribution in [0.3, 0.4) is 0 Å². The van der Waals surface area contributed by atoms with Crippen LogP contribution in [0, 0.1) is 6.92 Å². The predicted octanol–water partition coefficient (Wildman–Crippen LogP) is 1.08. The average molecular weight is 288 g/mol. The molecular weight excluding hydrogens is 272 g/mol. The maximum absolute atomic E-state index is 12.4. The van der Waals surface area contributed by atoms with Crippen LogP contribution >= 0.6 is 0 Å². The SMILES string of the molecule is CCCNC(=O)Cn1nc(C)n2c(cc3occc32)c1=O. The van der Waals surface area contributed by atoms with Crippen LogP contribution in [-0.4, -0.2) is 26.6 Å². The molecule has 3 rings (SSSR count). The molecule has 0 saturated heterocycles. The molecule has 0 fully saturated rings. The molecule has 0 aliphatic rings. The first-order chi connectivity index (χ1) is 10.1. The second-order valence-electron chi connectivity index (χ2n) is 4.90. The van der Waals surface area contributed by atoms with Gasteiger partial charge in [0.05, 0.1) is 11.8 Å². The van der Waals surface area contributed by atoms with Gasteiger partial charge in [0.1, 0.15) is 17.9 Å². The fourth-order valence-electron chi connectivity index (χ4n) is 2.39. The second kappa shape index (κ2) is 5.08. The maximum Gasteiger partial charge on any atom is 0.291 e. The van der Waals surface area contributed by atoms with E-state index in [9.17, 15) is 9.59 Å². The molecule has 0 aliphatic carbocycles. The highest BCUT2D eigenvalue weighted by atomic mass is 16.3. The topological polar surface area (TPSA) is 81.5 Å². The van der Waals surface area contributed by atoms with Crippen LogP contribution in [0.5, 0.6) is 0 Å². The van der Waals surface area contributed by atoms with E-state index in [1.807, 2.05) is 6.92 Å². The Morgan fingerprint density at radius 2 is 2.24 bits per heavy atom. The quantitative estimate of drug-likeness (QED) is 0.778. The summed E-state index contributed by atoms with van der Waals surface area (Å²) in [4.78, 5) is 24.2. The summed E-state index contributed by atoms with van der Waals surface area (Å²) in [7, 11) is 0. The minimum absolute atomic E-state index is 0.0806. The number of furan rings is 1. The normalized spacial score (nSPS) is 11.3. The first-order valence-corrected chi connectivity index (χ1v) is 6.85. The van der Waals surface area contributed by atoms with Crippen molar-refractivity contribution in [2.75, 3.05) is 6.54 Å². The predicted molar refractivity (Wildman–Crippen MR) is 77.3 cm³/mol. The number of hydrogen-bond donors (Lipinski definition) is 1. The summed E-state index contributed by atoms with van der Waals surface area (Å²) in [6.07, 6.45) is 2.42. The summed E-state index contributed by atoms with van der Waals surface area (Å²) in [5.74, 6) is 0.412. The molecule has 1 amide bonds. The molecule has 0 spiro atoms. The number of aromatic nitrogens is 3. The van der Waals surface area contributed by atoms with E-state index in [-0.39, 0.29) is 18.0 Å². The lowest BCUT2D eigenvalue weighted by atomic mass is 10.4. The lowest BCUT2D eigenvalue weighted by molar-refractivity contribution is -0.121. The average Bonchev–Trinajstić information content (AvgIpc) is 3.02. The minimum Gasteiger partial charge on any atom is -0.463 e. The van der Waals surface area contributed by atoms with Crippen LogP contribution < -0.4 is 10.9 Å². The molecule has 0 saturated carbocycles. The van der Waals surface area contributed by atoms with Crippen molar-refractivity contribution in [1.29, 1.82) is 0 Å². The summed E-state index contributed by atoms with van der Waals surface area (Å²) >= 11 is 0. The number of hydrogen-bond acceptors (Lipinski definition) is 4. The maximum atomic E-state index is 12.4. The summed E-state index contributed by atoms with van der Waals surface area (Å²) in [5.41, 5.74) is 1.58. The highest BCUT2D eigenvalue weighted by Gasteiger charge is 2.15. The fraction of sp³-hybridized carbons (Fsp3) is 0.357. The van der Waals surface area contributed by atoms with Gasteiger partial charge in [-0.1, -0.05) is 6.92 Å². The molecule has 0 unspecified atom stereocenters. The molecule has 3 aromatic rings. The number of nitrogens with zero attached hydrogens (tertiary/aromatic N) is 3. The van der Waals surface area contributed by atoms with Crippen molar-refractivity contribution >= 4 is 22.5 Å². The Morgan fingerprint density at radius 3 is 3.00 bits per heavy atom. The third-order valence-corrected chi connectivity index (χ3v) is 3.33. The van der Waals surface area contributed by atoms with Crippen molar-refractivity contribution in [3.05, 3.63) is 34.6 Å². The van der Waals surface area contributed by atoms with E-state index >= 15 is 0 Å². The van der Waals surface area contributed by atoms with Gasteiger partial charge in [0.25, 0.3) is 5.56 Å². The number of carbonyl (C=O) groups is 1. The van der Waals surface area contributed by atoms with Gasteiger partial charge in [0, 0.05) is 18.7 Å². The van der Waals surface area contributed by atoms with Crippen LogP contribution in [0.1, 0.15) is 19.2 Å². The molecule has 7 heteroatoms. The molecule has 0 radical (unpaired) electrons. The summed E-state index contributed by atoms with van der Waals surface area (Å²) in [6, 6.07) is 3.46. The van der Waals surface area contributed by atoms with Crippen molar-refractivity contribution in [2.45, 2.75) is 26.8 Å². The summed E-state index contributed by atoms with van der Waals surface area (Å²) in [5, 5.41) is 6.95. The molecule has 1 N–H and O–H groups in total. The third-order valence-electron chi connectivity index (χ3n) is 3.33.